The molecule has 140 valence electrons. The molecule has 0 aliphatic rings. The van der Waals surface area contributed by atoms with E-state index in [0.29, 0.717) is 18.5 Å². The van der Waals surface area contributed by atoms with Crippen LogP contribution in [0, 0.1) is 0 Å². The molecule has 25 heavy (non-hydrogen) atoms. The van der Waals surface area contributed by atoms with Crippen molar-refractivity contribution in [2.75, 3.05) is 19.6 Å². The van der Waals surface area contributed by atoms with Crippen LogP contribution in [0.2, 0.25) is 0 Å². The van der Waals surface area contributed by atoms with Crippen molar-refractivity contribution in [3.63, 3.8) is 0 Å². The van der Waals surface area contributed by atoms with Crippen LogP contribution in [0.5, 0.6) is 0 Å². The van der Waals surface area contributed by atoms with E-state index in [0.717, 1.165) is 44.4 Å². The van der Waals surface area contributed by atoms with Crippen molar-refractivity contribution in [3.05, 3.63) is 45.1 Å². The van der Waals surface area contributed by atoms with Gasteiger partial charge in [-0.25, -0.2) is 4.79 Å². The number of unbranched alkanes of at least 4 members (excludes halogenated alkanes) is 1. The monoisotopic (exact) mass is 367 g/mol. The fraction of sp³-hybridized carbons (Fsp3) is 0.579. The molecule has 0 unspecified atom stereocenters. The molecular weight excluding hydrogens is 338 g/mol. The molecule has 0 fully saturated rings. The maximum Gasteiger partial charge on any atom is 0.331 e. The number of rotatable bonds is 9. The molecule has 2 rings (SSSR count). The van der Waals surface area contributed by atoms with Crippen molar-refractivity contribution in [2.24, 2.45) is 0 Å². The van der Waals surface area contributed by atoms with Crippen molar-refractivity contribution in [3.8, 4) is 0 Å². The van der Waals surface area contributed by atoms with Gasteiger partial charge in [-0.05, 0) is 44.6 Å². The number of aromatic nitrogens is 2. The highest BCUT2D eigenvalue weighted by Gasteiger charge is 2.12. The Balaban J connectivity index is 0.00000312. The van der Waals surface area contributed by atoms with E-state index in [2.05, 4.69) is 25.7 Å². The lowest BCUT2D eigenvalue weighted by Crippen LogP contribution is -2.40. The van der Waals surface area contributed by atoms with Crippen LogP contribution in [0.25, 0.3) is 10.9 Å². The Morgan fingerprint density at radius 1 is 0.920 bits per heavy atom. The summed E-state index contributed by atoms with van der Waals surface area (Å²) < 4.78 is 3.18. The van der Waals surface area contributed by atoms with Crippen molar-refractivity contribution in [2.45, 2.75) is 53.1 Å². The Labute approximate surface area is 155 Å². The van der Waals surface area contributed by atoms with E-state index < -0.39 is 0 Å². The summed E-state index contributed by atoms with van der Waals surface area (Å²) >= 11 is 0. The lowest BCUT2D eigenvalue weighted by atomic mass is 10.2. The zero-order valence-corrected chi connectivity index (χ0v) is 16.3. The van der Waals surface area contributed by atoms with Crippen molar-refractivity contribution >= 4 is 23.3 Å². The summed E-state index contributed by atoms with van der Waals surface area (Å²) in [7, 11) is 0. The number of para-hydroxylation sites is 1. The molecule has 1 aromatic heterocycles. The molecular formula is C19H30ClN3O2. The topological polar surface area (TPSA) is 47.2 Å². The largest absolute Gasteiger partial charge is 0.331 e. The Morgan fingerprint density at radius 2 is 1.56 bits per heavy atom. The van der Waals surface area contributed by atoms with Gasteiger partial charge >= 0.3 is 5.69 Å². The predicted molar refractivity (Wildman–Crippen MR) is 107 cm³/mol. The first kappa shape index (κ1) is 21.5. The number of hydrogen-bond acceptors (Lipinski definition) is 3. The minimum Gasteiger partial charge on any atom is -0.304 e. The lowest BCUT2D eigenvalue weighted by Gasteiger charge is -2.19. The fourth-order valence-electron chi connectivity index (χ4n) is 3.09. The maximum atomic E-state index is 12.8. The molecule has 0 saturated heterocycles. The number of aryl methyl sites for hydroxylation is 1. The van der Waals surface area contributed by atoms with Crippen LogP contribution in [0.4, 0.5) is 0 Å². The molecule has 0 atom stereocenters. The number of benzene rings is 1. The molecule has 0 N–H and O–H groups in total. The predicted octanol–water partition coefficient (Wildman–Crippen LogP) is 3.12. The second-order valence-electron chi connectivity index (χ2n) is 6.14. The highest BCUT2D eigenvalue weighted by molar-refractivity contribution is 5.85. The first-order chi connectivity index (χ1) is 11.6. The van der Waals surface area contributed by atoms with Gasteiger partial charge in [0.2, 0.25) is 0 Å². The van der Waals surface area contributed by atoms with E-state index in [4.69, 9.17) is 0 Å². The number of hydrogen-bond donors (Lipinski definition) is 0. The van der Waals surface area contributed by atoms with Gasteiger partial charge in [-0.1, -0.05) is 39.3 Å². The Morgan fingerprint density at radius 3 is 2.20 bits per heavy atom. The average molecular weight is 368 g/mol. The minimum atomic E-state index is -0.174. The molecule has 1 aromatic carbocycles. The van der Waals surface area contributed by atoms with E-state index in [1.165, 1.54) is 4.57 Å². The highest BCUT2D eigenvalue weighted by Crippen LogP contribution is 2.08. The average Bonchev–Trinajstić information content (AvgIpc) is 2.61. The van der Waals surface area contributed by atoms with E-state index in [-0.39, 0.29) is 23.7 Å². The van der Waals surface area contributed by atoms with Crippen LogP contribution < -0.4 is 11.2 Å². The van der Waals surface area contributed by atoms with Gasteiger partial charge in [0.1, 0.15) is 0 Å². The zero-order valence-electron chi connectivity index (χ0n) is 15.5. The van der Waals surface area contributed by atoms with Gasteiger partial charge in [0.15, 0.2) is 0 Å². The smallest absolute Gasteiger partial charge is 0.304 e. The van der Waals surface area contributed by atoms with Gasteiger partial charge in [-0.15, -0.1) is 12.4 Å². The third-order valence-electron chi connectivity index (χ3n) is 4.62. The summed E-state index contributed by atoms with van der Waals surface area (Å²) in [5, 5.41) is 0.635. The zero-order chi connectivity index (χ0) is 17.5. The van der Waals surface area contributed by atoms with Gasteiger partial charge < -0.3 is 4.90 Å². The molecule has 0 aliphatic carbocycles. The molecule has 6 heteroatoms. The summed E-state index contributed by atoms with van der Waals surface area (Å²) in [5.41, 5.74) is 0.413. The molecule has 0 bridgehead atoms. The molecule has 0 saturated carbocycles. The molecule has 0 radical (unpaired) electrons. The Hall–Kier alpha value is -1.59. The summed E-state index contributed by atoms with van der Waals surface area (Å²) in [4.78, 5) is 27.8. The van der Waals surface area contributed by atoms with Gasteiger partial charge in [0.25, 0.3) is 5.56 Å². The number of nitrogens with zero attached hydrogens (tertiary/aromatic N) is 3. The van der Waals surface area contributed by atoms with E-state index >= 15 is 0 Å². The normalized spacial score (nSPS) is 11.0. The molecule has 0 spiro atoms. The highest BCUT2D eigenvalue weighted by atomic mass is 35.5. The van der Waals surface area contributed by atoms with Gasteiger partial charge in [0, 0.05) is 13.1 Å². The van der Waals surface area contributed by atoms with Crippen LogP contribution in [-0.2, 0) is 13.1 Å². The third-order valence-corrected chi connectivity index (χ3v) is 4.62. The van der Waals surface area contributed by atoms with Crippen molar-refractivity contribution in [1.29, 1.82) is 0 Å². The Kier molecular flexibility index (Phi) is 8.93. The molecule has 2 aromatic rings. The summed E-state index contributed by atoms with van der Waals surface area (Å²) in [5.74, 6) is 0. The molecule has 0 aliphatic heterocycles. The maximum absolute atomic E-state index is 12.8. The summed E-state index contributed by atoms with van der Waals surface area (Å²) in [6.07, 6.45) is 2.70. The van der Waals surface area contributed by atoms with Crippen LogP contribution in [0.3, 0.4) is 0 Å². The summed E-state index contributed by atoms with van der Waals surface area (Å²) in [6, 6.07) is 7.44. The van der Waals surface area contributed by atoms with E-state index in [9.17, 15) is 9.59 Å². The quantitative estimate of drug-likeness (QED) is 0.684. The van der Waals surface area contributed by atoms with Crippen LogP contribution in [0.1, 0.15) is 40.0 Å². The van der Waals surface area contributed by atoms with Crippen LogP contribution in [-0.4, -0.2) is 33.7 Å². The fourth-order valence-corrected chi connectivity index (χ4v) is 3.09. The lowest BCUT2D eigenvalue weighted by molar-refractivity contribution is 0.292. The SMILES string of the molecule is CCCCn1c(=O)c2ccccc2n(CCCN(CC)CC)c1=O.Cl. The minimum absolute atomic E-state index is 0. The van der Waals surface area contributed by atoms with Gasteiger partial charge in [-0.2, -0.15) is 0 Å². The second kappa shape index (κ2) is 10.4. The van der Waals surface area contributed by atoms with Crippen molar-refractivity contribution in [1.82, 2.24) is 14.0 Å². The molecule has 5 nitrogen and oxygen atoms in total. The molecule has 0 amide bonds. The first-order valence-electron chi connectivity index (χ1n) is 9.08. The first-order valence-corrected chi connectivity index (χ1v) is 9.08. The van der Waals surface area contributed by atoms with Crippen LogP contribution in [0.15, 0.2) is 33.9 Å². The second-order valence-corrected chi connectivity index (χ2v) is 6.14. The van der Waals surface area contributed by atoms with Gasteiger partial charge in [-0.3, -0.25) is 13.9 Å². The van der Waals surface area contributed by atoms with Crippen LogP contribution >= 0.6 is 12.4 Å². The molecule has 1 heterocycles. The number of fused-ring (bicyclic) bond motifs is 1. The van der Waals surface area contributed by atoms with E-state index in [1.807, 2.05) is 24.3 Å². The van der Waals surface area contributed by atoms with Crippen molar-refractivity contribution < 1.29 is 0 Å². The summed E-state index contributed by atoms with van der Waals surface area (Å²) in [6.45, 7) is 10.5. The Bertz CT molecular complexity index is 778. The standard InChI is InChI=1S/C19H29N3O2.ClH/c1-4-7-14-22-18(23)16-11-8-9-12-17(16)21(19(22)24)15-10-13-20(5-2)6-3;/h8-9,11-12H,4-7,10,13-15H2,1-3H3;1H. The van der Waals surface area contributed by atoms with Gasteiger partial charge in [0.05, 0.1) is 10.9 Å². The number of halogens is 1. The third kappa shape index (κ3) is 4.95. The van der Waals surface area contributed by atoms with E-state index in [1.54, 1.807) is 4.57 Å².